The number of hydrogen-bond donors (Lipinski definition) is 0. The Morgan fingerprint density at radius 3 is 2.85 bits per heavy atom. The van der Waals surface area contributed by atoms with Crippen molar-refractivity contribution in [3.8, 4) is 5.75 Å². The highest BCUT2D eigenvalue weighted by Crippen LogP contribution is 2.31. The van der Waals surface area contributed by atoms with E-state index in [1.165, 1.54) is 12.0 Å². The van der Waals surface area contributed by atoms with Crippen LogP contribution in [-0.2, 0) is 11.3 Å². The first-order chi connectivity index (χ1) is 13.3. The smallest absolute Gasteiger partial charge is 0.226 e. The van der Waals surface area contributed by atoms with E-state index >= 15 is 0 Å². The minimum absolute atomic E-state index is 0.256. The van der Waals surface area contributed by atoms with Crippen LogP contribution < -0.4 is 4.74 Å². The van der Waals surface area contributed by atoms with Gasteiger partial charge in [0.25, 0.3) is 0 Å². The van der Waals surface area contributed by atoms with Crippen molar-refractivity contribution in [2.24, 2.45) is 5.92 Å². The first-order valence-electron chi connectivity index (χ1n) is 10.0. The summed E-state index contributed by atoms with van der Waals surface area (Å²) in [5, 5.41) is 4.40. The summed E-state index contributed by atoms with van der Waals surface area (Å²) < 4.78 is 5.72. The van der Waals surface area contributed by atoms with Gasteiger partial charge in [-0.15, -0.1) is 0 Å². The van der Waals surface area contributed by atoms with E-state index < -0.39 is 0 Å². The first-order valence-corrected chi connectivity index (χ1v) is 10.9. The molecule has 0 N–H and O–H groups in total. The van der Waals surface area contributed by atoms with E-state index in [0.29, 0.717) is 25.0 Å². The molecule has 0 radical (unpaired) electrons. The summed E-state index contributed by atoms with van der Waals surface area (Å²) in [4.78, 5) is 17.5. The second kappa shape index (κ2) is 8.89. The summed E-state index contributed by atoms with van der Waals surface area (Å²) in [6.45, 7) is 4.62. The summed E-state index contributed by atoms with van der Waals surface area (Å²) in [6.07, 6.45) is 3.94. The number of fused-ring (bicyclic) bond motifs is 1. The molecular formula is C22H28N2O2S. The minimum atomic E-state index is 0.256. The zero-order valence-corrected chi connectivity index (χ0v) is 16.6. The summed E-state index contributed by atoms with van der Waals surface area (Å²) in [5.41, 5.74) is 1.42. The highest BCUT2D eigenvalue weighted by Gasteiger charge is 2.37. The number of piperidine rings is 2. The van der Waals surface area contributed by atoms with Crippen LogP contribution in [-0.4, -0.2) is 48.0 Å². The Morgan fingerprint density at radius 2 is 2.04 bits per heavy atom. The maximum atomic E-state index is 12.8. The molecule has 2 aromatic rings. The third-order valence-electron chi connectivity index (χ3n) is 5.79. The third kappa shape index (κ3) is 4.71. The summed E-state index contributed by atoms with van der Waals surface area (Å²) in [5.74, 6) is 1.71. The molecule has 1 aromatic carbocycles. The molecule has 1 amide bonds. The van der Waals surface area contributed by atoms with Crippen molar-refractivity contribution in [3.05, 3.63) is 52.7 Å². The van der Waals surface area contributed by atoms with Crippen molar-refractivity contribution in [1.29, 1.82) is 0 Å². The number of carbonyl (C=O) groups is 1. The number of para-hydroxylation sites is 1. The van der Waals surface area contributed by atoms with Gasteiger partial charge in [-0.2, -0.15) is 11.3 Å². The molecule has 27 heavy (non-hydrogen) atoms. The molecule has 5 heteroatoms. The first kappa shape index (κ1) is 18.5. The number of thiophene rings is 1. The van der Waals surface area contributed by atoms with Crippen LogP contribution in [0.5, 0.6) is 5.75 Å². The van der Waals surface area contributed by atoms with Gasteiger partial charge in [0, 0.05) is 32.2 Å². The van der Waals surface area contributed by atoms with Crippen LogP contribution in [0.2, 0.25) is 0 Å². The van der Waals surface area contributed by atoms with Gasteiger partial charge in [0.1, 0.15) is 5.75 Å². The van der Waals surface area contributed by atoms with Crippen molar-refractivity contribution in [3.63, 3.8) is 0 Å². The van der Waals surface area contributed by atoms with Crippen LogP contribution in [0.15, 0.2) is 47.2 Å². The SMILES string of the molecule is O=C(CCOc1ccccc1)N1CCC[C@@H]2CN(Cc3ccsc3)CC[C@H]21. The lowest BCUT2D eigenvalue weighted by atomic mass is 9.83. The average molecular weight is 385 g/mol. The molecule has 2 atom stereocenters. The predicted molar refractivity (Wildman–Crippen MR) is 109 cm³/mol. The van der Waals surface area contributed by atoms with Crippen LogP contribution in [0.4, 0.5) is 0 Å². The number of hydrogen-bond acceptors (Lipinski definition) is 4. The van der Waals surface area contributed by atoms with Crippen LogP contribution in [0.1, 0.15) is 31.2 Å². The number of nitrogens with zero attached hydrogens (tertiary/aromatic N) is 2. The zero-order valence-electron chi connectivity index (χ0n) is 15.8. The van der Waals surface area contributed by atoms with Gasteiger partial charge in [-0.25, -0.2) is 0 Å². The Kier molecular flexibility index (Phi) is 6.10. The van der Waals surface area contributed by atoms with Gasteiger partial charge in [0.2, 0.25) is 5.91 Å². The van der Waals surface area contributed by atoms with E-state index in [9.17, 15) is 4.79 Å². The Morgan fingerprint density at radius 1 is 1.15 bits per heavy atom. The van der Waals surface area contributed by atoms with Gasteiger partial charge in [0.15, 0.2) is 0 Å². The minimum Gasteiger partial charge on any atom is -0.493 e. The Bertz CT molecular complexity index is 719. The van der Waals surface area contributed by atoms with Crippen molar-refractivity contribution >= 4 is 17.2 Å². The molecular weight excluding hydrogens is 356 g/mol. The predicted octanol–water partition coefficient (Wildman–Crippen LogP) is 4.03. The van der Waals surface area contributed by atoms with Crippen LogP contribution in [0, 0.1) is 5.92 Å². The molecule has 0 bridgehead atoms. The van der Waals surface area contributed by atoms with Gasteiger partial charge >= 0.3 is 0 Å². The van der Waals surface area contributed by atoms with Gasteiger partial charge < -0.3 is 9.64 Å². The van der Waals surface area contributed by atoms with Gasteiger partial charge in [-0.1, -0.05) is 18.2 Å². The van der Waals surface area contributed by atoms with Gasteiger partial charge in [0.05, 0.1) is 13.0 Å². The number of benzene rings is 1. The highest BCUT2D eigenvalue weighted by atomic mass is 32.1. The fourth-order valence-electron chi connectivity index (χ4n) is 4.49. The maximum Gasteiger partial charge on any atom is 0.226 e. The molecule has 2 fully saturated rings. The number of carbonyl (C=O) groups excluding carboxylic acids is 1. The zero-order chi connectivity index (χ0) is 18.5. The van der Waals surface area contributed by atoms with Crippen molar-refractivity contribution in [1.82, 2.24) is 9.80 Å². The van der Waals surface area contributed by atoms with E-state index in [1.807, 2.05) is 30.3 Å². The lowest BCUT2D eigenvalue weighted by Crippen LogP contribution is -2.55. The van der Waals surface area contributed by atoms with E-state index in [2.05, 4.69) is 26.6 Å². The quantitative estimate of drug-likeness (QED) is 0.754. The Hall–Kier alpha value is -1.85. The van der Waals surface area contributed by atoms with Crippen LogP contribution >= 0.6 is 11.3 Å². The maximum absolute atomic E-state index is 12.8. The normalized spacial score (nSPS) is 23.0. The standard InChI is InChI=1S/C22H28N2O2S/c25-22(9-13-26-20-6-2-1-3-7-20)24-11-4-5-19-16-23(12-8-21(19)24)15-18-10-14-27-17-18/h1-3,6-7,10,14,17,19,21H,4-5,8-9,11-13,15-16H2/t19-,21-/m1/s1. The molecule has 4 nitrogen and oxygen atoms in total. The van der Waals surface area contributed by atoms with E-state index in [1.54, 1.807) is 11.3 Å². The highest BCUT2D eigenvalue weighted by molar-refractivity contribution is 7.07. The van der Waals surface area contributed by atoms with Gasteiger partial charge in [-0.3, -0.25) is 9.69 Å². The molecule has 2 aliphatic heterocycles. The molecule has 0 aliphatic carbocycles. The summed E-state index contributed by atoms with van der Waals surface area (Å²) in [7, 11) is 0. The van der Waals surface area contributed by atoms with Gasteiger partial charge in [-0.05, 0) is 59.7 Å². The second-order valence-corrected chi connectivity index (χ2v) is 8.40. The van der Waals surface area contributed by atoms with E-state index in [0.717, 1.165) is 44.8 Å². The van der Waals surface area contributed by atoms with Crippen molar-refractivity contribution < 1.29 is 9.53 Å². The number of rotatable bonds is 6. The average Bonchev–Trinajstić information content (AvgIpc) is 3.21. The number of ether oxygens (including phenoxy) is 1. The van der Waals surface area contributed by atoms with Crippen molar-refractivity contribution in [2.45, 2.75) is 38.3 Å². The van der Waals surface area contributed by atoms with Crippen LogP contribution in [0.25, 0.3) is 0 Å². The third-order valence-corrected chi connectivity index (χ3v) is 6.52. The molecule has 3 heterocycles. The van der Waals surface area contributed by atoms with E-state index in [4.69, 9.17) is 4.74 Å². The second-order valence-electron chi connectivity index (χ2n) is 7.62. The molecule has 0 saturated carbocycles. The molecule has 2 saturated heterocycles. The molecule has 0 unspecified atom stereocenters. The number of likely N-dealkylation sites (tertiary alicyclic amines) is 2. The fraction of sp³-hybridized carbons (Fsp3) is 0.500. The molecule has 0 spiro atoms. The lowest BCUT2D eigenvalue weighted by molar-refractivity contribution is -0.139. The topological polar surface area (TPSA) is 32.8 Å². The number of amides is 1. The fourth-order valence-corrected chi connectivity index (χ4v) is 5.15. The summed E-state index contributed by atoms with van der Waals surface area (Å²) in [6, 6.07) is 12.4. The van der Waals surface area contributed by atoms with Crippen LogP contribution in [0.3, 0.4) is 0 Å². The lowest BCUT2D eigenvalue weighted by Gasteiger charge is -2.47. The van der Waals surface area contributed by atoms with E-state index in [-0.39, 0.29) is 5.91 Å². The Labute approximate surface area is 165 Å². The molecule has 4 rings (SSSR count). The van der Waals surface area contributed by atoms with Crippen molar-refractivity contribution in [2.75, 3.05) is 26.2 Å². The Balaban J connectivity index is 1.28. The molecule has 144 valence electrons. The largest absolute Gasteiger partial charge is 0.493 e. The molecule has 2 aliphatic rings. The monoisotopic (exact) mass is 384 g/mol. The summed E-state index contributed by atoms with van der Waals surface area (Å²) >= 11 is 1.77. The molecule has 1 aromatic heterocycles.